The molecule has 1 heterocycles. The molecule has 4 heteroatoms. The van der Waals surface area contributed by atoms with Crippen molar-refractivity contribution in [2.24, 2.45) is 0 Å². The highest BCUT2D eigenvalue weighted by atomic mass is 16.5. The Morgan fingerprint density at radius 3 is 3.05 bits per heavy atom. The second-order valence-electron chi connectivity index (χ2n) is 4.99. The molecule has 2 rings (SSSR count). The number of rotatable bonds is 5. The fraction of sp³-hybridized carbons (Fsp3) is 0.533. The number of benzene rings is 1. The van der Waals surface area contributed by atoms with Crippen LogP contribution >= 0.6 is 0 Å². The number of likely N-dealkylation sites (N-methyl/N-ethyl adjacent to an activating group) is 1. The summed E-state index contributed by atoms with van der Waals surface area (Å²) in [6, 6.07) is 8.61. The zero-order valence-corrected chi connectivity index (χ0v) is 11.7. The minimum atomic E-state index is 0.0885. The quantitative estimate of drug-likeness (QED) is 0.815. The number of fused-ring (bicyclic) bond motifs is 1. The zero-order valence-electron chi connectivity index (χ0n) is 11.7. The van der Waals surface area contributed by atoms with Gasteiger partial charge in [-0.15, -0.1) is 0 Å². The lowest BCUT2D eigenvalue weighted by Crippen LogP contribution is -2.36. The minimum absolute atomic E-state index is 0.0885. The first kappa shape index (κ1) is 14.0. The molecule has 0 spiro atoms. The maximum Gasteiger partial charge on any atom is 0.222 e. The van der Waals surface area contributed by atoms with Crippen LogP contribution < -0.4 is 5.32 Å². The molecule has 0 saturated heterocycles. The molecule has 1 N–H and O–H groups in total. The van der Waals surface area contributed by atoms with Crippen molar-refractivity contribution in [3.63, 3.8) is 0 Å². The summed E-state index contributed by atoms with van der Waals surface area (Å²) < 4.78 is 4.93. The van der Waals surface area contributed by atoms with Gasteiger partial charge in [0.2, 0.25) is 5.91 Å². The molecule has 0 saturated carbocycles. The molecular formula is C15H22N2O2. The first-order valence-corrected chi connectivity index (χ1v) is 6.76. The van der Waals surface area contributed by atoms with Gasteiger partial charge in [0.15, 0.2) is 0 Å². The van der Waals surface area contributed by atoms with Gasteiger partial charge >= 0.3 is 0 Å². The summed E-state index contributed by atoms with van der Waals surface area (Å²) in [5, 5.41) is 2.89. The maximum absolute atomic E-state index is 11.9. The van der Waals surface area contributed by atoms with E-state index in [4.69, 9.17) is 4.74 Å². The van der Waals surface area contributed by atoms with E-state index >= 15 is 0 Å². The molecule has 0 bridgehead atoms. The highest BCUT2D eigenvalue weighted by molar-refractivity contribution is 5.76. The molecule has 4 nitrogen and oxygen atoms in total. The SMILES string of the molecule is COCCNC(=O)CC1c2ccccc2CCN1C. The minimum Gasteiger partial charge on any atom is -0.383 e. The maximum atomic E-state index is 11.9. The molecule has 0 aromatic heterocycles. The van der Waals surface area contributed by atoms with Gasteiger partial charge in [0, 0.05) is 32.7 Å². The third-order valence-electron chi connectivity index (χ3n) is 3.69. The molecule has 0 fully saturated rings. The van der Waals surface area contributed by atoms with E-state index in [1.807, 2.05) is 6.07 Å². The highest BCUT2D eigenvalue weighted by Crippen LogP contribution is 2.30. The predicted molar refractivity (Wildman–Crippen MR) is 75.0 cm³/mol. The Morgan fingerprint density at radius 1 is 1.47 bits per heavy atom. The van der Waals surface area contributed by atoms with Crippen LogP contribution in [0.5, 0.6) is 0 Å². The van der Waals surface area contributed by atoms with Gasteiger partial charge in [0.25, 0.3) is 0 Å². The lowest BCUT2D eigenvalue weighted by Gasteiger charge is -2.34. The number of nitrogens with zero attached hydrogens (tertiary/aromatic N) is 1. The van der Waals surface area contributed by atoms with E-state index in [0.29, 0.717) is 19.6 Å². The van der Waals surface area contributed by atoms with Gasteiger partial charge in [0.1, 0.15) is 0 Å². The number of ether oxygens (including phenoxy) is 1. The predicted octanol–water partition coefficient (Wildman–Crippen LogP) is 1.37. The summed E-state index contributed by atoms with van der Waals surface area (Å²) in [6.07, 6.45) is 1.58. The van der Waals surface area contributed by atoms with Crippen molar-refractivity contribution in [2.45, 2.75) is 18.9 Å². The number of hydrogen-bond acceptors (Lipinski definition) is 3. The number of methoxy groups -OCH3 is 1. The number of carbonyl (C=O) groups excluding carboxylic acids is 1. The van der Waals surface area contributed by atoms with E-state index in [-0.39, 0.29) is 11.9 Å². The van der Waals surface area contributed by atoms with Crippen molar-refractivity contribution in [2.75, 3.05) is 33.9 Å². The lowest BCUT2D eigenvalue weighted by molar-refractivity contribution is -0.122. The van der Waals surface area contributed by atoms with Gasteiger partial charge < -0.3 is 10.1 Å². The topological polar surface area (TPSA) is 41.6 Å². The van der Waals surface area contributed by atoms with E-state index in [0.717, 1.165) is 13.0 Å². The van der Waals surface area contributed by atoms with Gasteiger partial charge in [-0.25, -0.2) is 0 Å². The summed E-state index contributed by atoms with van der Waals surface area (Å²) in [4.78, 5) is 14.2. The molecule has 1 aliphatic rings. The Morgan fingerprint density at radius 2 is 2.26 bits per heavy atom. The molecule has 0 radical (unpaired) electrons. The molecular weight excluding hydrogens is 240 g/mol. The smallest absolute Gasteiger partial charge is 0.222 e. The molecule has 1 aromatic rings. The van der Waals surface area contributed by atoms with Gasteiger partial charge in [-0.05, 0) is 24.6 Å². The number of carbonyl (C=O) groups is 1. The van der Waals surface area contributed by atoms with Crippen LogP contribution in [-0.4, -0.2) is 44.7 Å². The number of hydrogen-bond donors (Lipinski definition) is 1. The second kappa shape index (κ2) is 6.68. The van der Waals surface area contributed by atoms with Crippen LogP contribution in [-0.2, 0) is 16.0 Å². The average molecular weight is 262 g/mol. The second-order valence-corrected chi connectivity index (χ2v) is 4.99. The zero-order chi connectivity index (χ0) is 13.7. The molecule has 1 aliphatic heterocycles. The van der Waals surface area contributed by atoms with Crippen molar-refractivity contribution in [3.05, 3.63) is 35.4 Å². The van der Waals surface area contributed by atoms with E-state index in [1.165, 1.54) is 11.1 Å². The molecule has 104 valence electrons. The molecule has 1 amide bonds. The van der Waals surface area contributed by atoms with E-state index in [1.54, 1.807) is 7.11 Å². The summed E-state index contributed by atoms with van der Waals surface area (Å²) in [6.45, 7) is 2.14. The first-order chi connectivity index (χ1) is 9.22. The lowest BCUT2D eigenvalue weighted by atomic mass is 9.91. The van der Waals surface area contributed by atoms with E-state index in [2.05, 4.69) is 35.5 Å². The summed E-state index contributed by atoms with van der Waals surface area (Å²) in [7, 11) is 3.72. The first-order valence-electron chi connectivity index (χ1n) is 6.76. The summed E-state index contributed by atoms with van der Waals surface area (Å²) >= 11 is 0. The molecule has 1 atom stereocenters. The summed E-state index contributed by atoms with van der Waals surface area (Å²) in [5.74, 6) is 0.0885. The van der Waals surface area contributed by atoms with E-state index in [9.17, 15) is 4.79 Å². The molecule has 1 aromatic carbocycles. The Hall–Kier alpha value is -1.39. The average Bonchev–Trinajstić information content (AvgIpc) is 2.42. The van der Waals surface area contributed by atoms with Crippen LogP contribution in [0.3, 0.4) is 0 Å². The van der Waals surface area contributed by atoms with Crippen molar-refractivity contribution >= 4 is 5.91 Å². The fourth-order valence-electron chi connectivity index (χ4n) is 2.58. The Labute approximate surface area is 114 Å². The van der Waals surface area contributed by atoms with Crippen LogP contribution in [0, 0.1) is 0 Å². The largest absolute Gasteiger partial charge is 0.383 e. The normalized spacial score (nSPS) is 18.9. The Bertz CT molecular complexity index is 434. The number of nitrogens with one attached hydrogen (secondary N) is 1. The van der Waals surface area contributed by atoms with Crippen LogP contribution in [0.1, 0.15) is 23.6 Å². The van der Waals surface area contributed by atoms with Gasteiger partial charge in [-0.1, -0.05) is 24.3 Å². The van der Waals surface area contributed by atoms with Crippen molar-refractivity contribution in [1.29, 1.82) is 0 Å². The Kier molecular flexibility index (Phi) is 4.93. The molecule has 0 aliphatic carbocycles. The monoisotopic (exact) mass is 262 g/mol. The third-order valence-corrected chi connectivity index (χ3v) is 3.69. The molecule has 1 unspecified atom stereocenters. The van der Waals surface area contributed by atoms with E-state index < -0.39 is 0 Å². The third kappa shape index (κ3) is 3.55. The van der Waals surface area contributed by atoms with Crippen LogP contribution in [0.15, 0.2) is 24.3 Å². The van der Waals surface area contributed by atoms with Gasteiger partial charge in [-0.2, -0.15) is 0 Å². The number of amides is 1. The molecule has 19 heavy (non-hydrogen) atoms. The highest BCUT2D eigenvalue weighted by Gasteiger charge is 2.26. The Balaban J connectivity index is 2.01. The van der Waals surface area contributed by atoms with Crippen LogP contribution in [0.2, 0.25) is 0 Å². The standard InChI is InChI=1S/C15H22N2O2/c1-17-9-7-12-5-3-4-6-13(12)14(17)11-15(18)16-8-10-19-2/h3-6,14H,7-11H2,1-2H3,(H,16,18). The summed E-state index contributed by atoms with van der Waals surface area (Å²) in [5.41, 5.74) is 2.66. The van der Waals surface area contributed by atoms with Crippen LogP contribution in [0.25, 0.3) is 0 Å². The van der Waals surface area contributed by atoms with Crippen molar-refractivity contribution < 1.29 is 9.53 Å². The fourth-order valence-corrected chi connectivity index (χ4v) is 2.58. The van der Waals surface area contributed by atoms with Gasteiger partial charge in [0.05, 0.1) is 6.61 Å². The van der Waals surface area contributed by atoms with Gasteiger partial charge in [-0.3, -0.25) is 9.69 Å². The van der Waals surface area contributed by atoms with Crippen molar-refractivity contribution in [3.8, 4) is 0 Å². The van der Waals surface area contributed by atoms with Crippen LogP contribution in [0.4, 0.5) is 0 Å². The van der Waals surface area contributed by atoms with Crippen molar-refractivity contribution in [1.82, 2.24) is 10.2 Å².